The third-order valence-electron chi connectivity index (χ3n) is 6.90. The molecule has 0 aromatic heterocycles. The summed E-state index contributed by atoms with van der Waals surface area (Å²) >= 11 is 0. The molecule has 0 aliphatic carbocycles. The zero-order valence-corrected chi connectivity index (χ0v) is 19.9. The number of hydrogen-bond donors (Lipinski definition) is 1. The molecule has 2 heterocycles. The van der Waals surface area contributed by atoms with Gasteiger partial charge in [0.15, 0.2) is 11.6 Å². The van der Waals surface area contributed by atoms with Crippen molar-refractivity contribution in [1.29, 1.82) is 0 Å². The van der Waals surface area contributed by atoms with E-state index in [1.807, 2.05) is 24.3 Å². The molecule has 0 radical (unpaired) electrons. The summed E-state index contributed by atoms with van der Waals surface area (Å²) in [4.78, 5) is 17.4. The van der Waals surface area contributed by atoms with Crippen molar-refractivity contribution in [1.82, 2.24) is 9.80 Å². The number of piperidine rings is 1. The van der Waals surface area contributed by atoms with E-state index in [0.717, 1.165) is 55.9 Å². The van der Waals surface area contributed by atoms with Gasteiger partial charge in [-0.05, 0) is 87.3 Å². The Morgan fingerprint density at radius 2 is 1.79 bits per heavy atom. The summed E-state index contributed by atoms with van der Waals surface area (Å²) in [5.41, 5.74) is 1.59. The molecule has 2 unspecified atom stereocenters. The van der Waals surface area contributed by atoms with E-state index < -0.39 is 11.6 Å². The minimum atomic E-state index is -0.803. The Kier molecular flexibility index (Phi) is 8.68. The van der Waals surface area contributed by atoms with Gasteiger partial charge in [-0.25, -0.2) is 8.78 Å². The molecule has 8 heteroatoms. The molecule has 33 heavy (non-hydrogen) atoms. The zero-order valence-electron chi connectivity index (χ0n) is 19.1. The highest BCUT2D eigenvalue weighted by molar-refractivity contribution is 5.93. The Labute approximate surface area is 200 Å². The first-order valence-corrected chi connectivity index (χ1v) is 11.2. The quantitative estimate of drug-likeness (QED) is 0.659. The van der Waals surface area contributed by atoms with Gasteiger partial charge in [0.2, 0.25) is 5.91 Å². The highest BCUT2D eigenvalue weighted by Crippen LogP contribution is 2.34. The fraction of sp³-hybridized carbons (Fsp3) is 0.480. The maximum Gasteiger partial charge on any atom is 0.228 e. The molecule has 2 saturated heterocycles. The maximum absolute atomic E-state index is 13.5. The summed E-state index contributed by atoms with van der Waals surface area (Å²) in [6.45, 7) is 3.26. The van der Waals surface area contributed by atoms with Gasteiger partial charge in [0.05, 0.1) is 13.0 Å². The number of nitrogens with one attached hydrogen (secondary N) is 1. The van der Waals surface area contributed by atoms with E-state index in [2.05, 4.69) is 22.2 Å². The van der Waals surface area contributed by atoms with Crippen molar-refractivity contribution < 1.29 is 18.3 Å². The second-order valence-corrected chi connectivity index (χ2v) is 9.02. The smallest absolute Gasteiger partial charge is 0.228 e. The van der Waals surface area contributed by atoms with Crippen molar-refractivity contribution in [3.8, 4) is 5.75 Å². The predicted octanol–water partition coefficient (Wildman–Crippen LogP) is 4.57. The third kappa shape index (κ3) is 6.22. The molecular weight excluding hydrogens is 448 g/mol. The summed E-state index contributed by atoms with van der Waals surface area (Å²) < 4.78 is 31.8. The van der Waals surface area contributed by atoms with E-state index >= 15 is 0 Å². The van der Waals surface area contributed by atoms with Crippen molar-refractivity contribution in [2.24, 2.45) is 11.8 Å². The maximum atomic E-state index is 13.5. The van der Waals surface area contributed by atoms with Gasteiger partial charge < -0.3 is 15.0 Å². The van der Waals surface area contributed by atoms with Crippen LogP contribution in [0.3, 0.4) is 0 Å². The van der Waals surface area contributed by atoms with Crippen LogP contribution in [0.25, 0.3) is 0 Å². The van der Waals surface area contributed by atoms with Crippen molar-refractivity contribution >= 4 is 24.0 Å². The summed E-state index contributed by atoms with van der Waals surface area (Å²) in [6.07, 6.45) is 2.96. The number of halogens is 3. The first-order valence-electron chi connectivity index (χ1n) is 11.2. The molecule has 180 valence electrons. The summed E-state index contributed by atoms with van der Waals surface area (Å²) in [5.74, 6) is -0.238. The average molecular weight is 480 g/mol. The van der Waals surface area contributed by atoms with E-state index in [9.17, 15) is 13.6 Å². The van der Waals surface area contributed by atoms with Crippen LogP contribution in [0.2, 0.25) is 0 Å². The molecule has 1 N–H and O–H groups in total. The van der Waals surface area contributed by atoms with Crippen LogP contribution in [0.1, 0.15) is 24.8 Å². The Bertz CT molecular complexity index is 936. The Balaban J connectivity index is 0.00000306. The molecule has 2 atom stereocenters. The van der Waals surface area contributed by atoms with Gasteiger partial charge in [-0.3, -0.25) is 9.69 Å². The molecular formula is C25H32ClF2N3O2. The molecule has 2 aromatic carbocycles. The van der Waals surface area contributed by atoms with E-state index in [0.29, 0.717) is 18.5 Å². The molecule has 0 saturated carbocycles. The fourth-order valence-electron chi connectivity index (χ4n) is 5.08. The van der Waals surface area contributed by atoms with Crippen LogP contribution >= 0.6 is 12.4 Å². The van der Waals surface area contributed by atoms with Gasteiger partial charge >= 0.3 is 0 Å². The largest absolute Gasteiger partial charge is 0.497 e. The number of benzene rings is 2. The number of rotatable bonds is 6. The van der Waals surface area contributed by atoms with Crippen molar-refractivity contribution in [3.05, 3.63) is 59.7 Å². The van der Waals surface area contributed by atoms with E-state index in [1.54, 1.807) is 13.2 Å². The minimum absolute atomic E-state index is 0. The van der Waals surface area contributed by atoms with Crippen LogP contribution in [-0.4, -0.2) is 55.5 Å². The number of amides is 1. The molecule has 2 aliphatic rings. The topological polar surface area (TPSA) is 44.8 Å². The fourth-order valence-corrected chi connectivity index (χ4v) is 5.08. The number of methoxy groups -OCH3 is 1. The highest BCUT2D eigenvalue weighted by atomic mass is 35.5. The van der Waals surface area contributed by atoms with Gasteiger partial charge in [0.1, 0.15) is 5.75 Å². The Hall–Kier alpha value is -2.22. The van der Waals surface area contributed by atoms with Gasteiger partial charge in [0.25, 0.3) is 0 Å². The standard InChI is InChI=1S/C25H31F2N3O2.ClH/c1-29-16-19(25(31)28-20-4-6-21(32-2)7-5-20)14-24(29)18-9-11-30(12-10-18)15-17-3-8-22(26)23(27)13-17;/h3-8,13,18-19,24H,9-12,14-16H2,1-2H3,(H,28,31);1H. The Morgan fingerprint density at radius 3 is 2.42 bits per heavy atom. The van der Waals surface area contributed by atoms with Crippen molar-refractivity contribution in [2.75, 3.05) is 39.1 Å². The first-order chi connectivity index (χ1) is 15.4. The normalized spacial score (nSPS) is 22.1. The van der Waals surface area contributed by atoms with Crippen LogP contribution in [0, 0.1) is 23.5 Å². The highest BCUT2D eigenvalue weighted by Gasteiger charge is 2.39. The summed E-state index contributed by atoms with van der Waals surface area (Å²) in [7, 11) is 3.73. The predicted molar refractivity (Wildman–Crippen MR) is 128 cm³/mol. The lowest BCUT2D eigenvalue weighted by atomic mass is 9.86. The average Bonchev–Trinajstić information content (AvgIpc) is 3.19. The second kappa shape index (κ2) is 11.3. The van der Waals surface area contributed by atoms with Gasteiger partial charge in [0, 0.05) is 24.8 Å². The lowest BCUT2D eigenvalue weighted by Crippen LogP contribution is -2.41. The van der Waals surface area contributed by atoms with Gasteiger partial charge in [-0.15, -0.1) is 12.4 Å². The molecule has 5 nitrogen and oxygen atoms in total. The van der Waals surface area contributed by atoms with Crippen molar-refractivity contribution in [3.63, 3.8) is 0 Å². The molecule has 4 rings (SSSR count). The van der Waals surface area contributed by atoms with Crippen LogP contribution in [0.5, 0.6) is 5.75 Å². The molecule has 0 bridgehead atoms. The SMILES string of the molecule is COc1ccc(NC(=O)C2CC(C3CCN(Cc4ccc(F)c(F)c4)CC3)N(C)C2)cc1.Cl. The lowest BCUT2D eigenvalue weighted by molar-refractivity contribution is -0.119. The molecule has 1 amide bonds. The van der Waals surface area contributed by atoms with Crippen LogP contribution in [0.15, 0.2) is 42.5 Å². The van der Waals surface area contributed by atoms with Gasteiger partial charge in [-0.1, -0.05) is 6.07 Å². The van der Waals surface area contributed by atoms with E-state index in [1.165, 1.54) is 12.1 Å². The summed E-state index contributed by atoms with van der Waals surface area (Å²) in [6, 6.07) is 11.9. The third-order valence-corrected chi connectivity index (χ3v) is 6.90. The zero-order chi connectivity index (χ0) is 22.7. The Morgan fingerprint density at radius 1 is 1.09 bits per heavy atom. The van der Waals surface area contributed by atoms with Crippen LogP contribution in [0.4, 0.5) is 14.5 Å². The number of carbonyl (C=O) groups is 1. The number of hydrogen-bond acceptors (Lipinski definition) is 4. The van der Waals surface area contributed by atoms with Crippen LogP contribution < -0.4 is 10.1 Å². The molecule has 2 fully saturated rings. The number of ether oxygens (including phenoxy) is 1. The van der Waals surface area contributed by atoms with Crippen LogP contribution in [-0.2, 0) is 11.3 Å². The molecule has 0 spiro atoms. The van der Waals surface area contributed by atoms with Crippen molar-refractivity contribution in [2.45, 2.75) is 31.8 Å². The number of likely N-dealkylation sites (tertiary alicyclic amines) is 2. The number of anilines is 1. The minimum Gasteiger partial charge on any atom is -0.497 e. The number of nitrogens with zero attached hydrogens (tertiary/aromatic N) is 2. The molecule has 2 aliphatic heterocycles. The van der Waals surface area contributed by atoms with Gasteiger partial charge in [-0.2, -0.15) is 0 Å². The lowest BCUT2D eigenvalue weighted by Gasteiger charge is -2.37. The summed E-state index contributed by atoms with van der Waals surface area (Å²) in [5, 5.41) is 3.04. The van der Waals surface area contributed by atoms with E-state index in [4.69, 9.17) is 4.74 Å². The second-order valence-electron chi connectivity index (χ2n) is 9.02. The van der Waals surface area contributed by atoms with E-state index in [-0.39, 0.29) is 24.2 Å². The first kappa shape index (κ1) is 25.4. The monoisotopic (exact) mass is 479 g/mol. The number of carbonyl (C=O) groups excluding carboxylic acids is 1. The molecule has 2 aromatic rings.